The second kappa shape index (κ2) is 4.47. The van der Waals surface area contributed by atoms with Gasteiger partial charge in [0.2, 0.25) is 5.91 Å². The SMILES string of the molecule is Cc1ccc2c(c1)-c1nc3ccccc3n1C1(C)CCCC(=O)N21. The number of imidazole rings is 1. The maximum atomic E-state index is 12.8. The Morgan fingerprint density at radius 2 is 2.00 bits per heavy atom. The highest BCUT2D eigenvalue weighted by Crippen LogP contribution is 2.49. The lowest BCUT2D eigenvalue weighted by Crippen LogP contribution is -2.56. The van der Waals surface area contributed by atoms with Crippen LogP contribution in [0.2, 0.25) is 0 Å². The number of hydrogen-bond donors (Lipinski definition) is 0. The number of aromatic nitrogens is 2. The number of hydrogen-bond acceptors (Lipinski definition) is 2. The van der Waals surface area contributed by atoms with E-state index in [0.29, 0.717) is 6.42 Å². The topological polar surface area (TPSA) is 38.1 Å². The molecule has 2 aromatic carbocycles. The largest absolute Gasteiger partial charge is 0.300 e. The molecular formula is C20H19N3O. The Labute approximate surface area is 140 Å². The van der Waals surface area contributed by atoms with Gasteiger partial charge in [-0.05, 0) is 51.0 Å². The Hall–Kier alpha value is -2.62. The summed E-state index contributed by atoms with van der Waals surface area (Å²) in [6.45, 7) is 4.25. The van der Waals surface area contributed by atoms with Crippen molar-refractivity contribution in [2.24, 2.45) is 0 Å². The van der Waals surface area contributed by atoms with Gasteiger partial charge in [0.15, 0.2) is 0 Å². The average Bonchev–Trinajstić information content (AvgIpc) is 2.96. The van der Waals surface area contributed by atoms with Crippen molar-refractivity contribution in [3.8, 4) is 11.4 Å². The summed E-state index contributed by atoms with van der Waals surface area (Å²) in [6, 6.07) is 14.5. The number of amides is 1. The predicted octanol–water partition coefficient (Wildman–Crippen LogP) is 4.21. The van der Waals surface area contributed by atoms with Crippen LogP contribution in [0.1, 0.15) is 31.7 Å². The van der Waals surface area contributed by atoms with Gasteiger partial charge in [0, 0.05) is 12.0 Å². The Morgan fingerprint density at radius 3 is 2.88 bits per heavy atom. The standard InChI is InChI=1S/C20H19N3O/c1-13-9-10-16-14(12-13)19-21-15-6-3-4-7-17(15)23(19)20(2)11-5-8-18(24)22(16)20/h3-4,6-7,9-10,12H,5,8,11H2,1-2H3. The number of rotatable bonds is 0. The van der Waals surface area contributed by atoms with Crippen molar-refractivity contribution >= 4 is 22.6 Å². The minimum absolute atomic E-state index is 0.206. The van der Waals surface area contributed by atoms with Gasteiger partial charge in [-0.2, -0.15) is 0 Å². The van der Waals surface area contributed by atoms with E-state index in [1.54, 1.807) is 0 Å². The van der Waals surface area contributed by atoms with Gasteiger partial charge < -0.3 is 0 Å². The fraction of sp³-hybridized carbons (Fsp3) is 0.300. The zero-order chi connectivity index (χ0) is 16.5. The summed E-state index contributed by atoms with van der Waals surface area (Å²) in [6.07, 6.45) is 2.48. The molecule has 0 aliphatic carbocycles. The lowest BCUT2D eigenvalue weighted by molar-refractivity contribution is -0.122. The molecule has 3 heterocycles. The van der Waals surface area contributed by atoms with Crippen LogP contribution >= 0.6 is 0 Å². The molecule has 2 aliphatic rings. The highest BCUT2D eigenvalue weighted by molar-refractivity contribution is 6.01. The maximum absolute atomic E-state index is 12.8. The summed E-state index contributed by atoms with van der Waals surface area (Å²) < 4.78 is 2.28. The van der Waals surface area contributed by atoms with Crippen LogP contribution < -0.4 is 4.90 Å². The molecule has 1 unspecified atom stereocenters. The first kappa shape index (κ1) is 13.8. The van der Waals surface area contributed by atoms with E-state index in [1.165, 1.54) is 5.56 Å². The Balaban J connectivity index is 1.94. The number of nitrogens with zero attached hydrogens (tertiary/aromatic N) is 3. The van der Waals surface area contributed by atoms with E-state index in [1.807, 2.05) is 17.0 Å². The second-order valence-corrected chi connectivity index (χ2v) is 7.08. The summed E-state index contributed by atoms with van der Waals surface area (Å²) in [7, 11) is 0. The Morgan fingerprint density at radius 1 is 1.17 bits per heavy atom. The molecule has 0 spiro atoms. The van der Waals surface area contributed by atoms with Crippen molar-refractivity contribution in [1.29, 1.82) is 0 Å². The zero-order valence-corrected chi connectivity index (χ0v) is 13.9. The number of fused-ring (bicyclic) bond motifs is 8. The molecule has 1 aromatic heterocycles. The van der Waals surface area contributed by atoms with Gasteiger partial charge in [-0.25, -0.2) is 4.98 Å². The normalized spacial score (nSPS) is 22.2. The lowest BCUT2D eigenvalue weighted by atomic mass is 9.90. The van der Waals surface area contributed by atoms with E-state index in [4.69, 9.17) is 4.98 Å². The molecule has 1 fully saturated rings. The molecule has 0 radical (unpaired) electrons. The number of piperidine rings is 1. The fourth-order valence-electron chi connectivity index (χ4n) is 4.39. The van der Waals surface area contributed by atoms with Crippen LogP contribution in [0, 0.1) is 6.92 Å². The van der Waals surface area contributed by atoms with Gasteiger partial charge >= 0.3 is 0 Å². The third-order valence-corrected chi connectivity index (χ3v) is 5.45. The molecule has 1 saturated heterocycles. The molecule has 3 aromatic rings. The van der Waals surface area contributed by atoms with Gasteiger partial charge in [0.1, 0.15) is 11.5 Å². The predicted molar refractivity (Wildman–Crippen MR) is 94.9 cm³/mol. The number of carbonyl (C=O) groups is 1. The molecule has 24 heavy (non-hydrogen) atoms. The van der Waals surface area contributed by atoms with Gasteiger partial charge in [-0.1, -0.05) is 23.8 Å². The molecule has 1 atom stereocenters. The van der Waals surface area contributed by atoms with Gasteiger partial charge in [0.05, 0.1) is 16.7 Å². The molecule has 120 valence electrons. The van der Waals surface area contributed by atoms with E-state index >= 15 is 0 Å². The quantitative estimate of drug-likeness (QED) is 0.623. The first-order valence-electron chi connectivity index (χ1n) is 8.52. The summed E-state index contributed by atoms with van der Waals surface area (Å²) in [5.74, 6) is 1.18. The minimum atomic E-state index is -0.386. The minimum Gasteiger partial charge on any atom is -0.300 e. The Kier molecular flexibility index (Phi) is 2.57. The molecule has 0 N–H and O–H groups in total. The van der Waals surface area contributed by atoms with Crippen LogP contribution in [0.5, 0.6) is 0 Å². The zero-order valence-electron chi connectivity index (χ0n) is 13.9. The summed E-state index contributed by atoms with van der Waals surface area (Å²) in [5, 5.41) is 0. The first-order chi connectivity index (χ1) is 11.6. The lowest BCUT2D eigenvalue weighted by Gasteiger charge is -2.49. The van der Waals surface area contributed by atoms with E-state index in [9.17, 15) is 4.79 Å². The number of benzene rings is 2. The van der Waals surface area contributed by atoms with Crippen LogP contribution in [0.3, 0.4) is 0 Å². The molecule has 1 amide bonds. The number of carbonyl (C=O) groups excluding carboxylic acids is 1. The van der Waals surface area contributed by atoms with Crippen LogP contribution in [0.15, 0.2) is 42.5 Å². The molecular weight excluding hydrogens is 298 g/mol. The van der Waals surface area contributed by atoms with Crippen LogP contribution in [-0.2, 0) is 10.5 Å². The average molecular weight is 317 g/mol. The van der Waals surface area contributed by atoms with E-state index < -0.39 is 0 Å². The molecule has 0 bridgehead atoms. The number of anilines is 1. The third kappa shape index (κ3) is 1.58. The van der Waals surface area contributed by atoms with Crippen molar-refractivity contribution in [2.75, 3.05) is 4.90 Å². The fourth-order valence-corrected chi connectivity index (χ4v) is 4.39. The molecule has 0 saturated carbocycles. The molecule has 4 heteroatoms. The van der Waals surface area contributed by atoms with Gasteiger partial charge in [0.25, 0.3) is 0 Å². The summed E-state index contributed by atoms with van der Waals surface area (Å²) >= 11 is 0. The number of aryl methyl sites for hydroxylation is 1. The summed E-state index contributed by atoms with van der Waals surface area (Å²) in [4.78, 5) is 19.8. The molecule has 4 nitrogen and oxygen atoms in total. The maximum Gasteiger partial charge on any atom is 0.228 e. The van der Waals surface area contributed by atoms with E-state index in [-0.39, 0.29) is 11.6 Å². The Bertz CT molecular complexity index is 1000. The van der Waals surface area contributed by atoms with Gasteiger partial charge in [-0.15, -0.1) is 0 Å². The van der Waals surface area contributed by atoms with Crippen molar-refractivity contribution < 1.29 is 4.79 Å². The van der Waals surface area contributed by atoms with Crippen molar-refractivity contribution in [3.05, 3.63) is 48.0 Å². The van der Waals surface area contributed by atoms with Crippen LogP contribution in [-0.4, -0.2) is 15.5 Å². The van der Waals surface area contributed by atoms with Crippen molar-refractivity contribution in [1.82, 2.24) is 9.55 Å². The van der Waals surface area contributed by atoms with E-state index in [0.717, 1.165) is 41.0 Å². The monoisotopic (exact) mass is 317 g/mol. The second-order valence-electron chi connectivity index (χ2n) is 7.08. The van der Waals surface area contributed by atoms with Crippen molar-refractivity contribution in [3.63, 3.8) is 0 Å². The first-order valence-corrected chi connectivity index (χ1v) is 8.52. The van der Waals surface area contributed by atoms with Crippen molar-refractivity contribution in [2.45, 2.75) is 38.8 Å². The highest BCUT2D eigenvalue weighted by atomic mass is 16.2. The third-order valence-electron chi connectivity index (χ3n) is 5.45. The van der Waals surface area contributed by atoms with Crippen LogP contribution in [0.25, 0.3) is 22.4 Å². The molecule has 2 aliphatic heterocycles. The molecule has 5 rings (SSSR count). The van der Waals surface area contributed by atoms with E-state index in [2.05, 4.69) is 48.7 Å². The van der Waals surface area contributed by atoms with Crippen LogP contribution in [0.4, 0.5) is 5.69 Å². The summed E-state index contributed by atoms with van der Waals surface area (Å²) in [5.41, 5.74) is 4.93. The smallest absolute Gasteiger partial charge is 0.228 e. The highest BCUT2D eigenvalue weighted by Gasteiger charge is 2.47. The van der Waals surface area contributed by atoms with Gasteiger partial charge in [-0.3, -0.25) is 14.3 Å². The number of para-hydroxylation sites is 2.